The maximum atomic E-state index is 12.4. The van der Waals surface area contributed by atoms with Crippen molar-refractivity contribution in [3.63, 3.8) is 0 Å². The molecule has 120 valence electrons. The van der Waals surface area contributed by atoms with Crippen LogP contribution in [-0.2, 0) is 16.0 Å². The van der Waals surface area contributed by atoms with E-state index in [1.54, 1.807) is 11.9 Å². The lowest BCUT2D eigenvalue weighted by atomic mass is 9.99. The number of likely N-dealkylation sites (tertiary alicyclic amines) is 1. The van der Waals surface area contributed by atoms with Gasteiger partial charge in [-0.3, -0.25) is 14.6 Å². The fraction of sp³-hybridized carbons (Fsp3) is 0.389. The third-order valence-corrected chi connectivity index (χ3v) is 4.53. The van der Waals surface area contributed by atoms with Crippen molar-refractivity contribution in [3.8, 4) is 0 Å². The van der Waals surface area contributed by atoms with Crippen LogP contribution in [0.15, 0.2) is 24.3 Å². The van der Waals surface area contributed by atoms with Gasteiger partial charge in [0.25, 0.3) is 0 Å². The minimum atomic E-state index is -0.0889. The first-order valence-electron chi connectivity index (χ1n) is 7.84. The molecule has 2 heterocycles. The summed E-state index contributed by atoms with van der Waals surface area (Å²) in [5.41, 5.74) is 3.91. The number of hydrogen-bond donors (Lipinski definition) is 1. The van der Waals surface area contributed by atoms with Gasteiger partial charge in [-0.2, -0.15) is 0 Å². The fourth-order valence-corrected chi connectivity index (χ4v) is 3.23. The van der Waals surface area contributed by atoms with E-state index in [0.29, 0.717) is 19.4 Å². The molecular formula is C18H21N3O2. The van der Waals surface area contributed by atoms with Crippen molar-refractivity contribution in [1.82, 2.24) is 15.2 Å². The molecule has 1 fully saturated rings. The van der Waals surface area contributed by atoms with Crippen LogP contribution in [0.4, 0.5) is 0 Å². The van der Waals surface area contributed by atoms with E-state index in [1.807, 2.05) is 38.1 Å². The van der Waals surface area contributed by atoms with Crippen LogP contribution >= 0.6 is 0 Å². The Morgan fingerprint density at radius 3 is 2.78 bits per heavy atom. The lowest BCUT2D eigenvalue weighted by Gasteiger charge is -2.15. The van der Waals surface area contributed by atoms with Crippen LogP contribution < -0.4 is 5.32 Å². The minimum Gasteiger partial charge on any atom is -0.351 e. The molecule has 0 radical (unpaired) electrons. The van der Waals surface area contributed by atoms with E-state index in [4.69, 9.17) is 0 Å². The number of likely N-dealkylation sites (N-methyl/N-ethyl adjacent to an activating group) is 1. The number of benzene rings is 1. The third-order valence-electron chi connectivity index (χ3n) is 4.53. The number of fused-ring (bicyclic) bond motifs is 1. The number of nitrogens with zero attached hydrogens (tertiary/aromatic N) is 2. The molecule has 1 saturated heterocycles. The van der Waals surface area contributed by atoms with Gasteiger partial charge in [-0.1, -0.05) is 18.2 Å². The monoisotopic (exact) mass is 311 g/mol. The number of rotatable bonds is 3. The second-order valence-corrected chi connectivity index (χ2v) is 6.24. The zero-order chi connectivity index (χ0) is 16.6. The smallest absolute Gasteiger partial charge is 0.224 e. The number of para-hydroxylation sites is 1. The molecule has 1 aromatic heterocycles. The first-order chi connectivity index (χ1) is 11.0. The first-order valence-corrected chi connectivity index (χ1v) is 7.84. The van der Waals surface area contributed by atoms with Crippen molar-refractivity contribution in [2.24, 2.45) is 0 Å². The Morgan fingerprint density at radius 1 is 1.35 bits per heavy atom. The van der Waals surface area contributed by atoms with Gasteiger partial charge in [0.2, 0.25) is 11.8 Å². The summed E-state index contributed by atoms with van der Waals surface area (Å²) in [7, 11) is 1.76. The molecule has 0 aliphatic carbocycles. The van der Waals surface area contributed by atoms with E-state index >= 15 is 0 Å². The van der Waals surface area contributed by atoms with Gasteiger partial charge in [-0.25, -0.2) is 0 Å². The summed E-state index contributed by atoms with van der Waals surface area (Å²) < 4.78 is 0. The summed E-state index contributed by atoms with van der Waals surface area (Å²) in [6, 6.07) is 7.88. The highest BCUT2D eigenvalue weighted by Crippen LogP contribution is 2.23. The zero-order valence-electron chi connectivity index (χ0n) is 13.7. The number of carbonyl (C=O) groups excluding carboxylic acids is 2. The van der Waals surface area contributed by atoms with Crippen molar-refractivity contribution in [2.75, 3.05) is 13.6 Å². The standard InChI is InChI=1S/C18H21N3O2/c1-11-14-6-4-5-7-16(14)19-12(2)15(11)9-17(22)20-13-8-18(23)21(3)10-13/h4-7,13H,8-10H2,1-3H3,(H,20,22)/t13-/m0/s1. The molecule has 0 bridgehead atoms. The van der Waals surface area contributed by atoms with Gasteiger partial charge in [0.1, 0.15) is 0 Å². The number of hydrogen-bond acceptors (Lipinski definition) is 3. The Hall–Kier alpha value is -2.43. The lowest BCUT2D eigenvalue weighted by Crippen LogP contribution is -2.37. The maximum absolute atomic E-state index is 12.4. The Kier molecular flexibility index (Phi) is 4.03. The molecule has 0 unspecified atom stereocenters. The lowest BCUT2D eigenvalue weighted by molar-refractivity contribution is -0.126. The van der Waals surface area contributed by atoms with Crippen LogP contribution in [0.25, 0.3) is 10.9 Å². The summed E-state index contributed by atoms with van der Waals surface area (Å²) in [5, 5.41) is 4.04. The maximum Gasteiger partial charge on any atom is 0.224 e. The van der Waals surface area contributed by atoms with Crippen LogP contribution in [-0.4, -0.2) is 41.3 Å². The second-order valence-electron chi connectivity index (χ2n) is 6.24. The molecular weight excluding hydrogens is 290 g/mol. The van der Waals surface area contributed by atoms with Crippen molar-refractivity contribution in [3.05, 3.63) is 41.1 Å². The van der Waals surface area contributed by atoms with Crippen molar-refractivity contribution < 1.29 is 9.59 Å². The van der Waals surface area contributed by atoms with Crippen molar-refractivity contribution >= 4 is 22.7 Å². The Labute approximate surface area is 135 Å². The van der Waals surface area contributed by atoms with Gasteiger partial charge in [0, 0.05) is 31.1 Å². The van der Waals surface area contributed by atoms with Gasteiger partial charge in [0.05, 0.1) is 18.0 Å². The molecule has 23 heavy (non-hydrogen) atoms. The second kappa shape index (κ2) is 5.99. The molecule has 1 aliphatic rings. The van der Waals surface area contributed by atoms with E-state index in [1.165, 1.54) is 0 Å². The van der Waals surface area contributed by atoms with Crippen LogP contribution in [0.2, 0.25) is 0 Å². The number of amides is 2. The minimum absolute atomic E-state index is 0.0543. The van der Waals surface area contributed by atoms with Crippen LogP contribution in [0, 0.1) is 13.8 Å². The highest BCUT2D eigenvalue weighted by molar-refractivity contribution is 5.87. The number of aryl methyl sites for hydroxylation is 2. The van der Waals surface area contributed by atoms with Gasteiger partial charge >= 0.3 is 0 Å². The normalized spacial score (nSPS) is 17.8. The van der Waals surface area contributed by atoms with Crippen molar-refractivity contribution in [1.29, 1.82) is 0 Å². The number of pyridine rings is 1. The summed E-state index contributed by atoms with van der Waals surface area (Å²) in [6.45, 7) is 4.56. The number of aromatic nitrogens is 1. The van der Waals surface area contributed by atoms with Gasteiger partial charge in [0.15, 0.2) is 0 Å². The molecule has 5 heteroatoms. The SMILES string of the molecule is Cc1nc2ccccc2c(C)c1CC(=O)N[C@H]1CC(=O)N(C)C1. The average molecular weight is 311 g/mol. The molecule has 2 amide bonds. The summed E-state index contributed by atoms with van der Waals surface area (Å²) in [4.78, 5) is 30.2. The molecule has 1 aliphatic heterocycles. The fourth-order valence-electron chi connectivity index (χ4n) is 3.23. The topological polar surface area (TPSA) is 62.3 Å². The van der Waals surface area contributed by atoms with E-state index in [9.17, 15) is 9.59 Å². The van der Waals surface area contributed by atoms with Crippen LogP contribution in [0.5, 0.6) is 0 Å². The van der Waals surface area contributed by atoms with Gasteiger partial charge in [-0.05, 0) is 31.0 Å². The van der Waals surface area contributed by atoms with Gasteiger partial charge in [-0.15, -0.1) is 0 Å². The Bertz CT molecular complexity index is 785. The van der Waals surface area contributed by atoms with E-state index < -0.39 is 0 Å². The van der Waals surface area contributed by atoms with E-state index in [-0.39, 0.29) is 17.9 Å². The van der Waals surface area contributed by atoms with Crippen molar-refractivity contribution in [2.45, 2.75) is 32.7 Å². The predicted octanol–water partition coefficient (Wildman–Crippen LogP) is 1.74. The molecule has 1 N–H and O–H groups in total. The molecule has 3 rings (SSSR count). The van der Waals surface area contributed by atoms with Crippen LogP contribution in [0.1, 0.15) is 23.2 Å². The zero-order valence-corrected chi connectivity index (χ0v) is 13.7. The third kappa shape index (κ3) is 3.04. The average Bonchev–Trinajstić information content (AvgIpc) is 2.81. The highest BCUT2D eigenvalue weighted by atomic mass is 16.2. The predicted molar refractivity (Wildman–Crippen MR) is 89.1 cm³/mol. The largest absolute Gasteiger partial charge is 0.351 e. The first kappa shape index (κ1) is 15.5. The summed E-state index contributed by atoms with van der Waals surface area (Å²) in [5.74, 6) is 0.0245. The molecule has 1 aromatic carbocycles. The van der Waals surface area contributed by atoms with Crippen LogP contribution in [0.3, 0.4) is 0 Å². The summed E-state index contributed by atoms with van der Waals surface area (Å²) >= 11 is 0. The summed E-state index contributed by atoms with van der Waals surface area (Å²) in [6.07, 6.45) is 0.681. The molecule has 2 aromatic rings. The number of nitrogens with one attached hydrogen (secondary N) is 1. The molecule has 1 atom stereocenters. The number of carbonyl (C=O) groups is 2. The Balaban J connectivity index is 1.78. The molecule has 0 saturated carbocycles. The highest BCUT2D eigenvalue weighted by Gasteiger charge is 2.28. The molecule has 5 nitrogen and oxygen atoms in total. The van der Waals surface area contributed by atoms with E-state index in [0.717, 1.165) is 27.7 Å². The quantitative estimate of drug-likeness (QED) is 0.939. The molecule has 0 spiro atoms. The Morgan fingerprint density at radius 2 is 2.09 bits per heavy atom. The van der Waals surface area contributed by atoms with E-state index in [2.05, 4.69) is 10.3 Å². The van der Waals surface area contributed by atoms with Gasteiger partial charge < -0.3 is 10.2 Å².